The van der Waals surface area contributed by atoms with Gasteiger partial charge < -0.3 is 4.74 Å². The predicted molar refractivity (Wildman–Crippen MR) is 47.0 cm³/mol. The summed E-state index contributed by atoms with van der Waals surface area (Å²) in [6.45, 7) is 6.24. The normalized spacial score (nSPS) is 29.9. The third-order valence-electron chi connectivity index (χ3n) is 2.10. The molecule has 0 fully saturated rings. The van der Waals surface area contributed by atoms with Gasteiger partial charge in [-0.15, -0.1) is 0 Å². The highest BCUT2D eigenvalue weighted by Gasteiger charge is 2.23. The maximum Gasteiger partial charge on any atom is 0.180 e. The van der Waals surface area contributed by atoms with E-state index >= 15 is 0 Å². The van der Waals surface area contributed by atoms with Crippen molar-refractivity contribution < 1.29 is 4.74 Å². The molecule has 1 aliphatic rings. The van der Waals surface area contributed by atoms with Crippen molar-refractivity contribution in [1.29, 1.82) is 0 Å². The lowest BCUT2D eigenvalue weighted by Crippen LogP contribution is -2.17. The summed E-state index contributed by atoms with van der Waals surface area (Å²) in [7, 11) is 0. The van der Waals surface area contributed by atoms with Crippen LogP contribution in [0.25, 0.3) is 0 Å². The van der Waals surface area contributed by atoms with Crippen molar-refractivity contribution in [2.45, 2.75) is 52.2 Å². The summed E-state index contributed by atoms with van der Waals surface area (Å²) >= 11 is 0. The van der Waals surface area contributed by atoms with Gasteiger partial charge in [-0.1, -0.05) is 19.8 Å². The first-order valence-electron chi connectivity index (χ1n) is 4.45. The molecular weight excluding hydrogens is 138 g/mol. The standard InChI is InChI=1S/C9H17NO/c1-4-5-6-9-7(2)11-8(3)10-9/h7,9H,4-6H2,1-3H3. The molecule has 1 heterocycles. The Morgan fingerprint density at radius 1 is 1.55 bits per heavy atom. The fourth-order valence-corrected chi connectivity index (χ4v) is 1.43. The molecule has 11 heavy (non-hydrogen) atoms. The second-order valence-electron chi connectivity index (χ2n) is 3.18. The molecule has 2 nitrogen and oxygen atoms in total. The molecule has 0 spiro atoms. The van der Waals surface area contributed by atoms with Crippen LogP contribution >= 0.6 is 0 Å². The molecule has 1 aliphatic heterocycles. The van der Waals surface area contributed by atoms with Crippen LogP contribution in [0.2, 0.25) is 0 Å². The number of nitrogens with zero attached hydrogens (tertiary/aromatic N) is 1. The summed E-state index contributed by atoms with van der Waals surface area (Å²) in [5, 5.41) is 0. The van der Waals surface area contributed by atoms with Gasteiger partial charge >= 0.3 is 0 Å². The lowest BCUT2D eigenvalue weighted by molar-refractivity contribution is 0.205. The highest BCUT2D eigenvalue weighted by atomic mass is 16.5. The van der Waals surface area contributed by atoms with Crippen molar-refractivity contribution in [1.82, 2.24) is 0 Å². The van der Waals surface area contributed by atoms with E-state index in [-0.39, 0.29) is 0 Å². The summed E-state index contributed by atoms with van der Waals surface area (Å²) in [6, 6.07) is 0.426. The van der Waals surface area contributed by atoms with E-state index in [4.69, 9.17) is 4.74 Å². The Hall–Kier alpha value is -0.530. The van der Waals surface area contributed by atoms with Crippen molar-refractivity contribution in [2.75, 3.05) is 0 Å². The number of hydrogen-bond acceptors (Lipinski definition) is 2. The van der Waals surface area contributed by atoms with E-state index in [2.05, 4.69) is 18.8 Å². The van der Waals surface area contributed by atoms with Gasteiger partial charge in [0, 0.05) is 6.92 Å². The first-order valence-corrected chi connectivity index (χ1v) is 4.45. The maximum absolute atomic E-state index is 5.42. The van der Waals surface area contributed by atoms with E-state index < -0.39 is 0 Å². The van der Waals surface area contributed by atoms with Gasteiger partial charge in [0.05, 0.1) is 6.04 Å². The van der Waals surface area contributed by atoms with Gasteiger partial charge in [0.1, 0.15) is 6.10 Å². The summed E-state index contributed by atoms with van der Waals surface area (Å²) in [4.78, 5) is 4.40. The second-order valence-corrected chi connectivity index (χ2v) is 3.18. The van der Waals surface area contributed by atoms with Crippen molar-refractivity contribution in [3.05, 3.63) is 0 Å². The zero-order valence-electron chi connectivity index (χ0n) is 7.63. The Labute approximate surface area is 68.7 Å². The first kappa shape index (κ1) is 8.57. The van der Waals surface area contributed by atoms with Crippen LogP contribution in [-0.4, -0.2) is 18.0 Å². The highest BCUT2D eigenvalue weighted by molar-refractivity contribution is 5.75. The number of hydrogen-bond donors (Lipinski definition) is 0. The summed E-state index contributed by atoms with van der Waals surface area (Å²) < 4.78 is 5.42. The van der Waals surface area contributed by atoms with Gasteiger partial charge in [-0.05, 0) is 13.3 Å². The van der Waals surface area contributed by atoms with Gasteiger partial charge in [-0.2, -0.15) is 0 Å². The van der Waals surface area contributed by atoms with Crippen LogP contribution in [0.3, 0.4) is 0 Å². The summed E-state index contributed by atoms with van der Waals surface area (Å²) in [5.74, 6) is 0.860. The van der Waals surface area contributed by atoms with Gasteiger partial charge in [-0.3, -0.25) is 0 Å². The second kappa shape index (κ2) is 3.74. The SMILES string of the molecule is CCCCC1N=C(C)OC1C. The van der Waals surface area contributed by atoms with Gasteiger partial charge in [0.2, 0.25) is 0 Å². The Morgan fingerprint density at radius 2 is 2.27 bits per heavy atom. The van der Waals surface area contributed by atoms with Crippen LogP contribution in [0.5, 0.6) is 0 Å². The van der Waals surface area contributed by atoms with Crippen LogP contribution in [0, 0.1) is 0 Å². The molecule has 1 rings (SSSR count). The first-order chi connectivity index (χ1) is 5.24. The quantitative estimate of drug-likeness (QED) is 0.613. The van der Waals surface area contributed by atoms with Crippen LogP contribution in [0.4, 0.5) is 0 Å². The number of ether oxygens (including phenoxy) is 1. The molecule has 0 bridgehead atoms. The Balaban J connectivity index is 2.33. The highest BCUT2D eigenvalue weighted by Crippen LogP contribution is 2.17. The number of unbranched alkanes of at least 4 members (excludes halogenated alkanes) is 1. The molecule has 2 atom stereocenters. The molecule has 0 N–H and O–H groups in total. The fraction of sp³-hybridized carbons (Fsp3) is 0.889. The zero-order valence-corrected chi connectivity index (χ0v) is 7.63. The van der Waals surface area contributed by atoms with Crippen LogP contribution < -0.4 is 0 Å². The summed E-state index contributed by atoms with van der Waals surface area (Å²) in [6.07, 6.45) is 3.99. The van der Waals surface area contributed by atoms with Crippen LogP contribution in [-0.2, 0) is 4.74 Å². The molecule has 0 radical (unpaired) electrons. The molecule has 0 saturated heterocycles. The van der Waals surface area contributed by atoms with Gasteiger partial charge in [0.15, 0.2) is 5.90 Å². The van der Waals surface area contributed by atoms with E-state index in [1.54, 1.807) is 0 Å². The minimum atomic E-state index is 0.307. The van der Waals surface area contributed by atoms with Crippen LogP contribution in [0.1, 0.15) is 40.0 Å². The average molecular weight is 155 g/mol. The summed E-state index contributed by atoms with van der Waals surface area (Å²) in [5.41, 5.74) is 0. The minimum Gasteiger partial charge on any atom is -0.476 e. The lowest BCUT2D eigenvalue weighted by atomic mass is 10.1. The van der Waals surface area contributed by atoms with Gasteiger partial charge in [-0.25, -0.2) is 4.99 Å². The van der Waals surface area contributed by atoms with Crippen molar-refractivity contribution in [3.8, 4) is 0 Å². The van der Waals surface area contributed by atoms with E-state index in [0.29, 0.717) is 12.1 Å². The molecular formula is C9H17NO. The lowest BCUT2D eigenvalue weighted by Gasteiger charge is -2.10. The Kier molecular flexibility index (Phi) is 2.92. The molecule has 0 amide bonds. The monoisotopic (exact) mass is 155 g/mol. The molecule has 0 aromatic carbocycles. The minimum absolute atomic E-state index is 0.307. The number of rotatable bonds is 3. The average Bonchev–Trinajstić information content (AvgIpc) is 2.26. The zero-order chi connectivity index (χ0) is 8.27. The van der Waals surface area contributed by atoms with Crippen molar-refractivity contribution >= 4 is 5.90 Å². The molecule has 0 aliphatic carbocycles. The molecule has 64 valence electrons. The maximum atomic E-state index is 5.42. The van der Waals surface area contributed by atoms with Gasteiger partial charge in [0.25, 0.3) is 0 Å². The van der Waals surface area contributed by atoms with E-state index in [9.17, 15) is 0 Å². The van der Waals surface area contributed by atoms with Crippen molar-refractivity contribution in [2.24, 2.45) is 4.99 Å². The van der Waals surface area contributed by atoms with E-state index in [0.717, 1.165) is 5.90 Å². The molecule has 0 aromatic heterocycles. The van der Waals surface area contributed by atoms with Crippen molar-refractivity contribution in [3.63, 3.8) is 0 Å². The molecule has 0 aromatic rings. The van der Waals surface area contributed by atoms with E-state index in [1.807, 2.05) is 6.92 Å². The topological polar surface area (TPSA) is 21.6 Å². The molecule has 0 saturated carbocycles. The third kappa shape index (κ3) is 2.21. The Bertz CT molecular complexity index is 154. The van der Waals surface area contributed by atoms with Crippen LogP contribution in [0.15, 0.2) is 4.99 Å². The Morgan fingerprint density at radius 3 is 2.73 bits per heavy atom. The predicted octanol–water partition coefficient (Wildman–Crippen LogP) is 2.38. The molecule has 2 unspecified atom stereocenters. The fourth-order valence-electron chi connectivity index (χ4n) is 1.43. The largest absolute Gasteiger partial charge is 0.476 e. The molecule has 2 heteroatoms. The van der Waals surface area contributed by atoms with E-state index in [1.165, 1.54) is 19.3 Å². The smallest absolute Gasteiger partial charge is 0.180 e. The third-order valence-corrected chi connectivity index (χ3v) is 2.10. The number of aliphatic imine (C=N–C) groups is 1.